The van der Waals surface area contributed by atoms with Crippen molar-refractivity contribution in [1.29, 1.82) is 0 Å². The summed E-state index contributed by atoms with van der Waals surface area (Å²) in [5.74, 6) is -1.17. The third-order valence-corrected chi connectivity index (χ3v) is 2.58. The van der Waals surface area contributed by atoms with Gasteiger partial charge in [0, 0.05) is 5.56 Å². The predicted molar refractivity (Wildman–Crippen MR) is 65.9 cm³/mol. The molecular formula is C13H11NO4. The highest BCUT2D eigenvalue weighted by molar-refractivity contribution is 5.90. The first kappa shape index (κ1) is 11.9. The van der Waals surface area contributed by atoms with E-state index in [1.54, 1.807) is 24.3 Å². The van der Waals surface area contributed by atoms with Crippen molar-refractivity contribution in [2.24, 2.45) is 0 Å². The third-order valence-electron chi connectivity index (χ3n) is 2.58. The first-order valence-corrected chi connectivity index (χ1v) is 5.19. The molecule has 0 bridgehead atoms. The molecule has 92 valence electrons. The summed E-state index contributed by atoms with van der Waals surface area (Å²) in [5, 5.41) is 27.6. The molecule has 0 aliphatic rings. The molecule has 18 heavy (non-hydrogen) atoms. The van der Waals surface area contributed by atoms with Crippen molar-refractivity contribution in [3.8, 4) is 16.9 Å². The van der Waals surface area contributed by atoms with Gasteiger partial charge in [0.25, 0.3) is 0 Å². The van der Waals surface area contributed by atoms with E-state index in [1.165, 1.54) is 18.2 Å². The lowest BCUT2D eigenvalue weighted by atomic mass is 10.0. The summed E-state index contributed by atoms with van der Waals surface area (Å²) >= 11 is 0. The number of nitrogens with one attached hydrogen (secondary N) is 1. The fraction of sp³-hybridized carbons (Fsp3) is 0. The Hall–Kier alpha value is -2.53. The van der Waals surface area contributed by atoms with E-state index >= 15 is 0 Å². The van der Waals surface area contributed by atoms with Gasteiger partial charge in [-0.3, -0.25) is 10.7 Å². The van der Waals surface area contributed by atoms with Gasteiger partial charge in [0.2, 0.25) is 0 Å². The van der Waals surface area contributed by atoms with Crippen molar-refractivity contribution in [3.63, 3.8) is 0 Å². The predicted octanol–water partition coefficient (Wildman–Crippen LogP) is 2.56. The molecule has 0 saturated carbocycles. The average molecular weight is 245 g/mol. The van der Waals surface area contributed by atoms with Crippen molar-refractivity contribution in [1.82, 2.24) is 0 Å². The Labute approximate surface area is 103 Å². The number of benzene rings is 2. The van der Waals surface area contributed by atoms with Gasteiger partial charge >= 0.3 is 5.97 Å². The van der Waals surface area contributed by atoms with Crippen molar-refractivity contribution < 1.29 is 20.2 Å². The number of carboxylic acids is 1. The van der Waals surface area contributed by atoms with Crippen LogP contribution in [0.15, 0.2) is 42.5 Å². The third kappa shape index (κ3) is 2.11. The van der Waals surface area contributed by atoms with Crippen LogP contribution in [0.2, 0.25) is 0 Å². The van der Waals surface area contributed by atoms with Gasteiger partial charge in [0.1, 0.15) is 11.4 Å². The second-order valence-electron chi connectivity index (χ2n) is 3.70. The van der Waals surface area contributed by atoms with Crippen LogP contribution in [-0.2, 0) is 0 Å². The number of rotatable bonds is 3. The number of anilines is 1. The summed E-state index contributed by atoms with van der Waals surface area (Å²) < 4.78 is 0. The van der Waals surface area contributed by atoms with Crippen LogP contribution in [0.25, 0.3) is 11.1 Å². The minimum atomic E-state index is -1.03. The van der Waals surface area contributed by atoms with Gasteiger partial charge < -0.3 is 10.2 Å². The molecule has 5 heteroatoms. The van der Waals surface area contributed by atoms with E-state index in [2.05, 4.69) is 0 Å². The van der Waals surface area contributed by atoms with E-state index in [-0.39, 0.29) is 17.0 Å². The highest BCUT2D eigenvalue weighted by atomic mass is 16.5. The summed E-state index contributed by atoms with van der Waals surface area (Å²) in [6.07, 6.45) is 0. The topological polar surface area (TPSA) is 89.8 Å². The summed E-state index contributed by atoms with van der Waals surface area (Å²) in [6.45, 7) is 0. The second kappa shape index (κ2) is 4.77. The molecule has 0 unspecified atom stereocenters. The lowest BCUT2D eigenvalue weighted by Crippen LogP contribution is -1.96. The zero-order chi connectivity index (χ0) is 13.1. The standard InChI is InChI=1S/C13H11NO4/c15-12-10(5-2-6-11(12)14-18)8-3-1-4-9(7-8)13(16)17/h1-7,14-15,18H,(H,16,17). The molecule has 2 aromatic rings. The van der Waals surface area contributed by atoms with E-state index in [0.29, 0.717) is 11.1 Å². The number of carbonyl (C=O) groups is 1. The highest BCUT2D eigenvalue weighted by Crippen LogP contribution is 2.35. The molecule has 0 saturated heterocycles. The van der Waals surface area contributed by atoms with Crippen LogP contribution in [0.3, 0.4) is 0 Å². The van der Waals surface area contributed by atoms with Crippen LogP contribution in [-0.4, -0.2) is 21.4 Å². The molecule has 0 spiro atoms. The lowest BCUT2D eigenvalue weighted by molar-refractivity contribution is 0.0697. The van der Waals surface area contributed by atoms with E-state index in [9.17, 15) is 9.90 Å². The smallest absolute Gasteiger partial charge is 0.335 e. The monoisotopic (exact) mass is 245 g/mol. The molecule has 4 N–H and O–H groups in total. The molecule has 0 amide bonds. The first-order valence-electron chi connectivity index (χ1n) is 5.19. The number of aromatic carboxylic acids is 1. The molecule has 5 nitrogen and oxygen atoms in total. The largest absolute Gasteiger partial charge is 0.505 e. The summed E-state index contributed by atoms with van der Waals surface area (Å²) in [5.41, 5.74) is 3.17. The van der Waals surface area contributed by atoms with E-state index in [1.807, 2.05) is 5.48 Å². The molecule has 0 aromatic heterocycles. The van der Waals surface area contributed by atoms with Gasteiger partial charge in [-0.15, -0.1) is 0 Å². The van der Waals surface area contributed by atoms with Crippen LogP contribution in [0.5, 0.6) is 5.75 Å². The summed E-state index contributed by atoms with van der Waals surface area (Å²) in [7, 11) is 0. The molecule has 0 atom stereocenters. The average Bonchev–Trinajstić information content (AvgIpc) is 2.39. The van der Waals surface area contributed by atoms with Gasteiger partial charge in [-0.05, 0) is 23.8 Å². The van der Waals surface area contributed by atoms with Crippen LogP contribution in [0.4, 0.5) is 5.69 Å². The summed E-state index contributed by atoms with van der Waals surface area (Å²) in [6, 6.07) is 11.0. The number of phenols is 1. The van der Waals surface area contributed by atoms with Crippen molar-refractivity contribution in [2.45, 2.75) is 0 Å². The molecule has 0 radical (unpaired) electrons. The molecule has 0 aliphatic heterocycles. The highest BCUT2D eigenvalue weighted by Gasteiger charge is 2.10. The molecular weight excluding hydrogens is 234 g/mol. The maximum atomic E-state index is 10.9. The quantitative estimate of drug-likeness (QED) is 0.493. The van der Waals surface area contributed by atoms with Crippen LogP contribution in [0.1, 0.15) is 10.4 Å². The van der Waals surface area contributed by atoms with Gasteiger partial charge in [-0.1, -0.05) is 24.3 Å². The number of hydrogen-bond acceptors (Lipinski definition) is 4. The molecule has 2 aromatic carbocycles. The van der Waals surface area contributed by atoms with Crippen molar-refractivity contribution in [3.05, 3.63) is 48.0 Å². The van der Waals surface area contributed by atoms with Gasteiger partial charge in [-0.25, -0.2) is 4.79 Å². The Bertz CT molecular complexity index is 595. The number of phenolic OH excluding ortho intramolecular Hbond substituents is 1. The van der Waals surface area contributed by atoms with E-state index in [4.69, 9.17) is 10.3 Å². The van der Waals surface area contributed by atoms with Gasteiger partial charge in [0.15, 0.2) is 0 Å². The lowest BCUT2D eigenvalue weighted by Gasteiger charge is -2.09. The minimum Gasteiger partial charge on any atom is -0.505 e. The Balaban J connectivity index is 2.55. The number of aromatic hydroxyl groups is 1. The second-order valence-corrected chi connectivity index (χ2v) is 3.70. The molecule has 2 rings (SSSR count). The van der Waals surface area contributed by atoms with Gasteiger partial charge in [-0.2, -0.15) is 0 Å². The molecule has 0 heterocycles. The van der Waals surface area contributed by atoms with Crippen LogP contribution >= 0.6 is 0 Å². The normalized spacial score (nSPS) is 10.1. The minimum absolute atomic E-state index is 0.134. The Morgan fingerprint density at radius 2 is 1.83 bits per heavy atom. The zero-order valence-electron chi connectivity index (χ0n) is 9.29. The van der Waals surface area contributed by atoms with Crippen LogP contribution < -0.4 is 5.48 Å². The maximum Gasteiger partial charge on any atom is 0.335 e. The van der Waals surface area contributed by atoms with E-state index < -0.39 is 5.97 Å². The first-order chi connectivity index (χ1) is 8.63. The van der Waals surface area contributed by atoms with Gasteiger partial charge in [0.05, 0.1) is 5.56 Å². The number of carboxylic acid groups (broad SMARTS) is 1. The van der Waals surface area contributed by atoms with E-state index in [0.717, 1.165) is 0 Å². The number of hydrogen-bond donors (Lipinski definition) is 4. The van der Waals surface area contributed by atoms with Crippen molar-refractivity contribution in [2.75, 3.05) is 5.48 Å². The SMILES string of the molecule is O=C(O)c1cccc(-c2cccc(NO)c2O)c1. The zero-order valence-corrected chi connectivity index (χ0v) is 9.29. The number of para-hydroxylation sites is 1. The Kier molecular flexibility index (Phi) is 3.16. The molecule has 0 fully saturated rings. The summed E-state index contributed by atoms with van der Waals surface area (Å²) in [4.78, 5) is 10.9. The Morgan fingerprint density at radius 1 is 1.11 bits per heavy atom. The fourth-order valence-electron chi connectivity index (χ4n) is 1.69. The fourth-order valence-corrected chi connectivity index (χ4v) is 1.69. The van der Waals surface area contributed by atoms with Crippen molar-refractivity contribution >= 4 is 11.7 Å². The molecule has 0 aliphatic carbocycles. The van der Waals surface area contributed by atoms with Crippen LogP contribution in [0, 0.1) is 0 Å². The Morgan fingerprint density at radius 3 is 2.50 bits per heavy atom. The maximum absolute atomic E-state index is 10.9.